The predicted molar refractivity (Wildman–Crippen MR) is 109 cm³/mol. The summed E-state index contributed by atoms with van der Waals surface area (Å²) in [6, 6.07) is 14.5. The number of anilines is 1. The first-order valence-electron chi connectivity index (χ1n) is 8.25. The Morgan fingerprint density at radius 3 is 2.14 bits per heavy atom. The van der Waals surface area contributed by atoms with Crippen molar-refractivity contribution in [1.29, 1.82) is 0 Å². The van der Waals surface area contributed by atoms with Gasteiger partial charge in [-0.2, -0.15) is 0 Å². The van der Waals surface area contributed by atoms with Crippen molar-refractivity contribution < 1.29 is 23.1 Å². The van der Waals surface area contributed by atoms with Gasteiger partial charge in [0.2, 0.25) is 0 Å². The van der Waals surface area contributed by atoms with Crippen LogP contribution in [0.4, 0.5) is 5.69 Å². The molecular formula is C20H17NO5S2. The van der Waals surface area contributed by atoms with Crippen LogP contribution in [0.25, 0.3) is 10.4 Å². The van der Waals surface area contributed by atoms with Crippen LogP contribution in [0, 0.1) is 6.92 Å². The van der Waals surface area contributed by atoms with Gasteiger partial charge in [0.05, 0.1) is 10.6 Å². The molecule has 1 heterocycles. The molecule has 0 fully saturated rings. The standard InChI is InChI=1S/C20H17NO5S2/c1-12-3-9-16(10-4-12)28(25,26)21-17-11-18(27-19(17)20(23)24)15-7-5-14(6-8-15)13(2)22/h3-11,21H,1-2H3,(H,23,24). The van der Waals surface area contributed by atoms with Crippen molar-refractivity contribution in [2.24, 2.45) is 0 Å². The summed E-state index contributed by atoms with van der Waals surface area (Å²) in [5.74, 6) is -1.30. The summed E-state index contributed by atoms with van der Waals surface area (Å²) >= 11 is 0.962. The highest BCUT2D eigenvalue weighted by Gasteiger charge is 2.22. The van der Waals surface area contributed by atoms with Crippen LogP contribution in [0.1, 0.15) is 32.5 Å². The molecule has 0 bridgehead atoms. The van der Waals surface area contributed by atoms with E-state index in [1.165, 1.54) is 25.1 Å². The van der Waals surface area contributed by atoms with Gasteiger partial charge >= 0.3 is 5.97 Å². The molecule has 0 aliphatic carbocycles. The first-order valence-corrected chi connectivity index (χ1v) is 10.6. The molecular weight excluding hydrogens is 398 g/mol. The lowest BCUT2D eigenvalue weighted by molar-refractivity contribution is 0.0703. The van der Waals surface area contributed by atoms with Crippen LogP contribution in [0.3, 0.4) is 0 Å². The van der Waals surface area contributed by atoms with Crippen LogP contribution in [-0.4, -0.2) is 25.3 Å². The number of carbonyl (C=O) groups excluding carboxylic acids is 1. The van der Waals surface area contributed by atoms with E-state index < -0.39 is 16.0 Å². The van der Waals surface area contributed by atoms with Gasteiger partial charge in [0, 0.05) is 10.4 Å². The number of thiophene rings is 1. The van der Waals surface area contributed by atoms with Gasteiger partial charge in [-0.1, -0.05) is 42.0 Å². The largest absolute Gasteiger partial charge is 0.477 e. The monoisotopic (exact) mass is 415 g/mol. The number of rotatable bonds is 6. The van der Waals surface area contributed by atoms with Crippen LogP contribution >= 0.6 is 11.3 Å². The van der Waals surface area contributed by atoms with Gasteiger partial charge in [-0.25, -0.2) is 13.2 Å². The fourth-order valence-electron chi connectivity index (χ4n) is 2.56. The Morgan fingerprint density at radius 2 is 1.61 bits per heavy atom. The smallest absolute Gasteiger partial charge is 0.348 e. The molecule has 0 amide bonds. The third kappa shape index (κ3) is 4.13. The van der Waals surface area contributed by atoms with Crippen molar-refractivity contribution >= 4 is 38.8 Å². The van der Waals surface area contributed by atoms with Crippen molar-refractivity contribution in [3.05, 3.63) is 70.6 Å². The number of sulfonamides is 1. The fraction of sp³-hybridized carbons (Fsp3) is 0.100. The average molecular weight is 415 g/mol. The number of nitrogens with one attached hydrogen (secondary N) is 1. The van der Waals surface area contributed by atoms with E-state index in [0.29, 0.717) is 16.0 Å². The number of Topliss-reactive ketones (excluding diaryl/α,β-unsaturated/α-hetero) is 1. The summed E-state index contributed by atoms with van der Waals surface area (Å²) in [5.41, 5.74) is 2.15. The molecule has 0 unspecified atom stereocenters. The molecule has 3 aromatic rings. The molecule has 0 saturated heterocycles. The molecule has 144 valence electrons. The molecule has 3 rings (SSSR count). The third-order valence-electron chi connectivity index (χ3n) is 4.08. The Morgan fingerprint density at radius 1 is 1.00 bits per heavy atom. The van der Waals surface area contributed by atoms with Crippen molar-refractivity contribution in [2.45, 2.75) is 18.7 Å². The van der Waals surface area contributed by atoms with E-state index >= 15 is 0 Å². The van der Waals surface area contributed by atoms with Gasteiger partial charge in [-0.15, -0.1) is 11.3 Å². The number of carboxylic acid groups (broad SMARTS) is 1. The maximum absolute atomic E-state index is 12.6. The van der Waals surface area contributed by atoms with Crippen LogP contribution in [-0.2, 0) is 10.0 Å². The molecule has 0 saturated carbocycles. The Hall–Kier alpha value is -2.97. The van der Waals surface area contributed by atoms with E-state index in [2.05, 4.69) is 4.72 Å². The van der Waals surface area contributed by atoms with Gasteiger partial charge in [0.15, 0.2) is 5.78 Å². The fourth-order valence-corrected chi connectivity index (χ4v) is 4.64. The van der Waals surface area contributed by atoms with Crippen molar-refractivity contribution in [3.63, 3.8) is 0 Å². The van der Waals surface area contributed by atoms with Gasteiger partial charge in [0.1, 0.15) is 4.88 Å². The van der Waals surface area contributed by atoms with Gasteiger partial charge in [-0.05, 0) is 37.6 Å². The van der Waals surface area contributed by atoms with Crippen LogP contribution in [0.5, 0.6) is 0 Å². The number of benzene rings is 2. The molecule has 6 nitrogen and oxygen atoms in total. The molecule has 1 aromatic heterocycles. The summed E-state index contributed by atoms with van der Waals surface area (Å²) in [6.07, 6.45) is 0. The number of carboxylic acids is 1. The first-order chi connectivity index (χ1) is 13.2. The average Bonchev–Trinajstić information content (AvgIpc) is 3.05. The zero-order valence-electron chi connectivity index (χ0n) is 15.1. The number of ketones is 1. The molecule has 2 N–H and O–H groups in total. The highest BCUT2D eigenvalue weighted by molar-refractivity contribution is 7.92. The molecule has 0 aliphatic heterocycles. The molecule has 0 aliphatic rings. The topological polar surface area (TPSA) is 101 Å². The van der Waals surface area contributed by atoms with E-state index in [-0.39, 0.29) is 21.2 Å². The van der Waals surface area contributed by atoms with Crippen LogP contribution in [0.2, 0.25) is 0 Å². The van der Waals surface area contributed by atoms with Gasteiger partial charge < -0.3 is 5.11 Å². The molecule has 0 radical (unpaired) electrons. The maximum Gasteiger partial charge on any atom is 0.348 e. The zero-order chi connectivity index (χ0) is 20.5. The second kappa shape index (κ2) is 7.57. The second-order valence-corrected chi connectivity index (χ2v) is 8.95. The quantitative estimate of drug-likeness (QED) is 0.580. The van der Waals surface area contributed by atoms with Crippen molar-refractivity contribution in [2.75, 3.05) is 4.72 Å². The number of aryl methyl sites for hydroxylation is 1. The van der Waals surface area contributed by atoms with Gasteiger partial charge in [-0.3, -0.25) is 9.52 Å². The molecule has 0 spiro atoms. The third-order valence-corrected chi connectivity index (χ3v) is 6.63. The first kappa shape index (κ1) is 19.8. The van der Waals surface area contributed by atoms with E-state index in [1.54, 1.807) is 36.4 Å². The van der Waals surface area contributed by atoms with Gasteiger partial charge in [0.25, 0.3) is 10.0 Å². The van der Waals surface area contributed by atoms with Crippen molar-refractivity contribution in [1.82, 2.24) is 0 Å². The lowest BCUT2D eigenvalue weighted by Crippen LogP contribution is -2.14. The lowest BCUT2D eigenvalue weighted by atomic mass is 10.1. The summed E-state index contributed by atoms with van der Waals surface area (Å²) in [7, 11) is -3.92. The van der Waals surface area contributed by atoms with E-state index in [0.717, 1.165) is 16.9 Å². The minimum Gasteiger partial charge on any atom is -0.477 e. The minimum absolute atomic E-state index is 0.00344. The van der Waals surface area contributed by atoms with Crippen LogP contribution in [0.15, 0.2) is 59.5 Å². The number of hydrogen-bond donors (Lipinski definition) is 2. The summed E-state index contributed by atoms with van der Waals surface area (Å²) < 4.78 is 27.6. The van der Waals surface area contributed by atoms with E-state index in [9.17, 15) is 23.1 Å². The normalized spacial score (nSPS) is 11.2. The SMILES string of the molecule is CC(=O)c1ccc(-c2cc(NS(=O)(=O)c3ccc(C)cc3)c(C(=O)O)s2)cc1. The number of aromatic carboxylic acids is 1. The Balaban J connectivity index is 1.98. The summed E-state index contributed by atoms with van der Waals surface area (Å²) in [4.78, 5) is 23.5. The molecule has 0 atom stereocenters. The van der Waals surface area contributed by atoms with Crippen molar-refractivity contribution in [3.8, 4) is 10.4 Å². The molecule has 2 aromatic carbocycles. The van der Waals surface area contributed by atoms with E-state index in [1.807, 2.05) is 6.92 Å². The number of carbonyl (C=O) groups is 2. The summed E-state index contributed by atoms with van der Waals surface area (Å²) in [5, 5.41) is 9.48. The zero-order valence-corrected chi connectivity index (χ0v) is 16.7. The maximum atomic E-state index is 12.6. The second-order valence-electron chi connectivity index (χ2n) is 6.21. The van der Waals surface area contributed by atoms with Crippen LogP contribution < -0.4 is 4.72 Å². The highest BCUT2D eigenvalue weighted by Crippen LogP contribution is 2.36. The highest BCUT2D eigenvalue weighted by atomic mass is 32.2. The predicted octanol–water partition coefficient (Wildman–Crippen LogP) is 4.43. The lowest BCUT2D eigenvalue weighted by Gasteiger charge is -2.07. The number of hydrogen-bond acceptors (Lipinski definition) is 5. The summed E-state index contributed by atoms with van der Waals surface area (Å²) in [6.45, 7) is 3.30. The molecule has 8 heteroatoms. The Bertz CT molecular complexity index is 1140. The van der Waals surface area contributed by atoms with E-state index in [4.69, 9.17) is 0 Å². The Labute approximate surface area is 166 Å². The minimum atomic E-state index is -3.92. The Kier molecular flexibility index (Phi) is 5.35. The molecule has 28 heavy (non-hydrogen) atoms.